The third kappa shape index (κ3) is 3.48. The van der Waals surface area contributed by atoms with E-state index in [2.05, 4.69) is 5.32 Å². The summed E-state index contributed by atoms with van der Waals surface area (Å²) in [6, 6.07) is 12.0. The first-order chi connectivity index (χ1) is 10.6. The van der Waals surface area contributed by atoms with Gasteiger partial charge in [0.1, 0.15) is 5.82 Å². The minimum Gasteiger partial charge on any atom is -0.384 e. The number of hydrogen-bond acceptors (Lipinski definition) is 2. The molecule has 0 saturated carbocycles. The predicted octanol–water partition coefficient (Wildman–Crippen LogP) is 4.05. The first-order valence-electron chi connectivity index (χ1n) is 7.45. The van der Waals surface area contributed by atoms with Gasteiger partial charge in [-0.3, -0.25) is 4.79 Å². The second kappa shape index (κ2) is 7.01. The Bertz CT molecular complexity index is 703. The van der Waals surface area contributed by atoms with Crippen molar-refractivity contribution in [2.75, 3.05) is 18.9 Å². The molecule has 0 radical (unpaired) electrons. The van der Waals surface area contributed by atoms with Crippen LogP contribution in [-0.2, 0) is 6.42 Å². The lowest BCUT2D eigenvalue weighted by Crippen LogP contribution is -2.29. The second-order valence-corrected chi connectivity index (χ2v) is 5.69. The summed E-state index contributed by atoms with van der Waals surface area (Å²) in [5.74, 6) is -0.289. The zero-order valence-electron chi connectivity index (χ0n) is 13.2. The van der Waals surface area contributed by atoms with Gasteiger partial charge < -0.3 is 10.2 Å². The van der Waals surface area contributed by atoms with Gasteiger partial charge in [-0.1, -0.05) is 12.1 Å². The lowest BCUT2D eigenvalue weighted by molar-refractivity contribution is 0.0742. The van der Waals surface area contributed by atoms with Gasteiger partial charge in [0.2, 0.25) is 0 Å². The molecule has 0 saturated heterocycles. The highest BCUT2D eigenvalue weighted by Crippen LogP contribution is 2.26. The third-order valence-corrected chi connectivity index (χ3v) is 4.32. The molecule has 0 aromatic heterocycles. The van der Waals surface area contributed by atoms with Crippen molar-refractivity contribution < 1.29 is 9.18 Å². The van der Waals surface area contributed by atoms with Gasteiger partial charge in [0.05, 0.1) is 6.04 Å². The molecule has 2 aromatic rings. The summed E-state index contributed by atoms with van der Waals surface area (Å²) in [6.07, 6.45) is 0.952. The number of amides is 1. The Morgan fingerprint density at radius 1 is 1.22 bits per heavy atom. The van der Waals surface area contributed by atoms with Gasteiger partial charge in [-0.2, -0.15) is 0 Å². The SMILES string of the molecule is CC(c1ccc(F)cc1)N(C)C(=O)c1ccc2c(c1)CCN2.Cl. The standard InChI is InChI=1S/C18H19FN2O.ClH/c1-12(13-3-6-16(19)7-4-13)21(2)18(22)15-5-8-17-14(11-15)9-10-20-17;/h3-8,11-12,20H,9-10H2,1-2H3;1H. The molecule has 122 valence electrons. The molecule has 1 aliphatic heterocycles. The van der Waals surface area contributed by atoms with Crippen LogP contribution in [0.4, 0.5) is 10.1 Å². The molecule has 1 amide bonds. The monoisotopic (exact) mass is 334 g/mol. The van der Waals surface area contributed by atoms with Crippen LogP contribution < -0.4 is 5.32 Å². The highest BCUT2D eigenvalue weighted by atomic mass is 35.5. The molecular formula is C18H20ClFN2O. The van der Waals surface area contributed by atoms with Crippen molar-refractivity contribution in [3.05, 3.63) is 65.0 Å². The minimum atomic E-state index is -0.268. The van der Waals surface area contributed by atoms with Crippen molar-refractivity contribution in [1.82, 2.24) is 4.90 Å². The third-order valence-electron chi connectivity index (χ3n) is 4.32. The quantitative estimate of drug-likeness (QED) is 0.918. The number of anilines is 1. The van der Waals surface area contributed by atoms with E-state index in [1.807, 2.05) is 25.1 Å². The first-order valence-corrected chi connectivity index (χ1v) is 7.45. The van der Waals surface area contributed by atoms with Crippen molar-refractivity contribution in [3.8, 4) is 0 Å². The lowest BCUT2D eigenvalue weighted by Gasteiger charge is -2.25. The summed E-state index contributed by atoms with van der Waals surface area (Å²) in [7, 11) is 1.78. The molecule has 5 heteroatoms. The molecule has 3 rings (SSSR count). The molecule has 0 spiro atoms. The fourth-order valence-electron chi connectivity index (χ4n) is 2.78. The van der Waals surface area contributed by atoms with Gasteiger partial charge in [-0.25, -0.2) is 4.39 Å². The van der Waals surface area contributed by atoms with Crippen molar-refractivity contribution in [2.45, 2.75) is 19.4 Å². The van der Waals surface area contributed by atoms with E-state index in [1.54, 1.807) is 24.1 Å². The van der Waals surface area contributed by atoms with Crippen LogP contribution in [0.25, 0.3) is 0 Å². The number of nitrogens with one attached hydrogen (secondary N) is 1. The number of benzene rings is 2. The lowest BCUT2D eigenvalue weighted by atomic mass is 10.0. The van der Waals surface area contributed by atoms with Crippen molar-refractivity contribution in [3.63, 3.8) is 0 Å². The number of hydrogen-bond donors (Lipinski definition) is 1. The molecule has 1 unspecified atom stereocenters. The molecule has 2 aromatic carbocycles. The Kier molecular flexibility index (Phi) is 5.26. The number of carbonyl (C=O) groups is 1. The molecule has 1 N–H and O–H groups in total. The van der Waals surface area contributed by atoms with E-state index in [9.17, 15) is 9.18 Å². The van der Waals surface area contributed by atoms with Crippen molar-refractivity contribution >= 4 is 24.0 Å². The highest BCUT2D eigenvalue weighted by molar-refractivity contribution is 5.95. The molecule has 23 heavy (non-hydrogen) atoms. The van der Waals surface area contributed by atoms with Gasteiger partial charge in [-0.05, 0) is 54.8 Å². The summed E-state index contributed by atoms with van der Waals surface area (Å²) < 4.78 is 13.0. The van der Waals surface area contributed by atoms with Gasteiger partial charge in [0, 0.05) is 24.8 Å². The van der Waals surface area contributed by atoms with Gasteiger partial charge >= 0.3 is 0 Å². The van der Waals surface area contributed by atoms with Crippen LogP contribution in [0.15, 0.2) is 42.5 Å². The van der Waals surface area contributed by atoms with Crippen molar-refractivity contribution in [2.24, 2.45) is 0 Å². The Morgan fingerprint density at radius 2 is 1.91 bits per heavy atom. The molecule has 1 heterocycles. The van der Waals surface area contributed by atoms with Crippen LogP contribution in [0.3, 0.4) is 0 Å². The van der Waals surface area contributed by atoms with Gasteiger partial charge in [-0.15, -0.1) is 12.4 Å². The topological polar surface area (TPSA) is 32.3 Å². The minimum absolute atomic E-state index is 0. The molecule has 1 aliphatic rings. The fourth-order valence-corrected chi connectivity index (χ4v) is 2.78. The number of fused-ring (bicyclic) bond motifs is 1. The highest BCUT2D eigenvalue weighted by Gasteiger charge is 2.20. The normalized spacial score (nSPS) is 13.5. The van der Waals surface area contributed by atoms with Crippen LogP contribution in [0.1, 0.15) is 34.5 Å². The molecule has 0 aliphatic carbocycles. The van der Waals surface area contributed by atoms with Gasteiger partial charge in [0.15, 0.2) is 0 Å². The van der Waals surface area contributed by atoms with E-state index < -0.39 is 0 Å². The Labute approximate surface area is 141 Å². The zero-order valence-corrected chi connectivity index (χ0v) is 14.0. The zero-order chi connectivity index (χ0) is 15.7. The Hall–Kier alpha value is -2.07. The predicted molar refractivity (Wildman–Crippen MR) is 92.8 cm³/mol. The second-order valence-electron chi connectivity index (χ2n) is 5.69. The Balaban J connectivity index is 0.00000192. The Morgan fingerprint density at radius 3 is 2.61 bits per heavy atom. The number of carbonyl (C=O) groups excluding carboxylic acids is 1. The first kappa shape index (κ1) is 17.3. The van der Waals surface area contributed by atoms with E-state index in [-0.39, 0.29) is 30.2 Å². The maximum atomic E-state index is 13.0. The number of rotatable bonds is 3. The molecule has 1 atom stereocenters. The van der Waals surface area contributed by atoms with Crippen LogP contribution in [0.2, 0.25) is 0 Å². The smallest absolute Gasteiger partial charge is 0.254 e. The molecule has 0 fully saturated rings. The molecule has 3 nitrogen and oxygen atoms in total. The average molecular weight is 335 g/mol. The number of nitrogens with zero attached hydrogens (tertiary/aromatic N) is 1. The van der Waals surface area contributed by atoms with E-state index in [1.165, 1.54) is 17.7 Å². The van der Waals surface area contributed by atoms with E-state index in [4.69, 9.17) is 0 Å². The number of halogens is 2. The fraction of sp³-hybridized carbons (Fsp3) is 0.278. The summed E-state index contributed by atoms with van der Waals surface area (Å²) in [5.41, 5.74) is 3.92. The van der Waals surface area contributed by atoms with Crippen LogP contribution in [0, 0.1) is 5.82 Å². The summed E-state index contributed by atoms with van der Waals surface area (Å²) in [5, 5.41) is 3.29. The summed E-state index contributed by atoms with van der Waals surface area (Å²) >= 11 is 0. The van der Waals surface area contributed by atoms with E-state index >= 15 is 0 Å². The van der Waals surface area contributed by atoms with E-state index in [0.29, 0.717) is 5.56 Å². The molecule has 0 bridgehead atoms. The maximum Gasteiger partial charge on any atom is 0.254 e. The maximum absolute atomic E-state index is 13.0. The summed E-state index contributed by atoms with van der Waals surface area (Å²) in [6.45, 7) is 2.87. The van der Waals surface area contributed by atoms with Crippen LogP contribution >= 0.6 is 12.4 Å². The van der Waals surface area contributed by atoms with Crippen LogP contribution in [-0.4, -0.2) is 24.4 Å². The van der Waals surface area contributed by atoms with Gasteiger partial charge in [0.25, 0.3) is 5.91 Å². The summed E-state index contributed by atoms with van der Waals surface area (Å²) in [4.78, 5) is 14.3. The molecular weight excluding hydrogens is 315 g/mol. The average Bonchev–Trinajstić information content (AvgIpc) is 3.01. The van der Waals surface area contributed by atoms with Crippen molar-refractivity contribution in [1.29, 1.82) is 0 Å². The van der Waals surface area contributed by atoms with Crippen LogP contribution in [0.5, 0.6) is 0 Å². The largest absolute Gasteiger partial charge is 0.384 e. The van der Waals surface area contributed by atoms with E-state index in [0.717, 1.165) is 24.2 Å².